The Labute approximate surface area is 221 Å². The fourth-order valence-electron chi connectivity index (χ4n) is 4.06. The van der Waals surface area contributed by atoms with Gasteiger partial charge in [-0.25, -0.2) is 9.78 Å². The number of carbonyl (C=O) groups excluding carboxylic acids is 1. The van der Waals surface area contributed by atoms with Gasteiger partial charge in [0.25, 0.3) is 0 Å². The lowest BCUT2D eigenvalue weighted by Crippen LogP contribution is -2.41. The molecular weight excluding hydrogens is 557 g/mol. The van der Waals surface area contributed by atoms with Crippen LogP contribution < -0.4 is 10.1 Å². The molecule has 0 radical (unpaired) electrons. The highest BCUT2D eigenvalue weighted by atomic mass is 79.9. The predicted molar refractivity (Wildman–Crippen MR) is 139 cm³/mol. The summed E-state index contributed by atoms with van der Waals surface area (Å²) < 4.78 is 6.26. The summed E-state index contributed by atoms with van der Waals surface area (Å²) in [5.41, 5.74) is 3.41. The second kappa shape index (κ2) is 10.8. The van der Waals surface area contributed by atoms with Crippen molar-refractivity contribution in [3.05, 3.63) is 68.6 Å². The van der Waals surface area contributed by atoms with E-state index in [1.54, 1.807) is 12.1 Å². The maximum absolute atomic E-state index is 11.8. The van der Waals surface area contributed by atoms with Crippen LogP contribution in [0.15, 0.2) is 53.0 Å². The molecule has 4 rings (SSSR count). The number of pyridine rings is 1. The van der Waals surface area contributed by atoms with Crippen molar-refractivity contribution in [3.8, 4) is 28.3 Å². The molecule has 1 saturated heterocycles. The van der Waals surface area contributed by atoms with E-state index < -0.39 is 6.09 Å². The average molecular weight is 579 g/mol. The van der Waals surface area contributed by atoms with E-state index in [1.807, 2.05) is 36.4 Å². The first kappa shape index (κ1) is 25.3. The van der Waals surface area contributed by atoms with Gasteiger partial charge in [-0.2, -0.15) is 0 Å². The summed E-state index contributed by atoms with van der Waals surface area (Å²) in [7, 11) is 1.48. The SMILES string of the molecule is COc1nc(-c2cccc(-c3cccc(Br)c3Cl)c2Cl)ccc1CN(C[C@@H]1CCC(=O)N1)C(=O)O. The first-order chi connectivity index (χ1) is 16.8. The van der Waals surface area contributed by atoms with Gasteiger partial charge in [0.1, 0.15) is 0 Å². The topological polar surface area (TPSA) is 91.8 Å². The molecule has 10 heteroatoms. The summed E-state index contributed by atoms with van der Waals surface area (Å²) in [6, 6.07) is 14.6. The average Bonchev–Trinajstić information content (AvgIpc) is 3.25. The first-order valence-electron chi connectivity index (χ1n) is 10.8. The zero-order valence-electron chi connectivity index (χ0n) is 18.7. The Morgan fingerprint density at radius 1 is 1.14 bits per heavy atom. The van der Waals surface area contributed by atoms with Gasteiger partial charge in [0.15, 0.2) is 0 Å². The van der Waals surface area contributed by atoms with E-state index in [0.717, 1.165) is 15.6 Å². The Morgan fingerprint density at radius 3 is 2.49 bits per heavy atom. The highest BCUT2D eigenvalue weighted by molar-refractivity contribution is 9.10. The third-order valence-corrected chi connectivity index (χ3v) is 7.51. The number of hydrogen-bond donors (Lipinski definition) is 2. The molecule has 3 aromatic rings. The lowest BCUT2D eigenvalue weighted by atomic mass is 10.0. The molecule has 0 bridgehead atoms. The summed E-state index contributed by atoms with van der Waals surface area (Å²) in [6.45, 7) is 0.257. The number of carbonyl (C=O) groups is 2. The number of hydrogen-bond acceptors (Lipinski definition) is 4. The first-order valence-corrected chi connectivity index (χ1v) is 12.4. The van der Waals surface area contributed by atoms with Crippen LogP contribution in [-0.4, -0.2) is 46.7 Å². The molecule has 0 spiro atoms. The van der Waals surface area contributed by atoms with Gasteiger partial charge in [0, 0.05) is 45.7 Å². The second-order valence-electron chi connectivity index (χ2n) is 8.10. The monoisotopic (exact) mass is 577 g/mol. The molecule has 35 heavy (non-hydrogen) atoms. The van der Waals surface area contributed by atoms with Crippen LogP contribution in [0.2, 0.25) is 10.0 Å². The van der Waals surface area contributed by atoms with Gasteiger partial charge in [0.2, 0.25) is 11.8 Å². The summed E-state index contributed by atoms with van der Waals surface area (Å²) in [6.07, 6.45) is -0.0740. The Bertz CT molecular complexity index is 1290. The van der Waals surface area contributed by atoms with Gasteiger partial charge in [-0.05, 0) is 40.5 Å². The van der Waals surface area contributed by atoms with E-state index in [0.29, 0.717) is 45.6 Å². The van der Waals surface area contributed by atoms with Crippen LogP contribution in [0.4, 0.5) is 4.79 Å². The van der Waals surface area contributed by atoms with E-state index in [4.69, 9.17) is 27.9 Å². The molecule has 1 aromatic heterocycles. The molecule has 0 aliphatic carbocycles. The predicted octanol–water partition coefficient (Wildman–Crippen LogP) is 6.25. The van der Waals surface area contributed by atoms with Crippen molar-refractivity contribution in [1.82, 2.24) is 15.2 Å². The maximum Gasteiger partial charge on any atom is 0.407 e. The van der Waals surface area contributed by atoms with Crippen LogP contribution >= 0.6 is 39.1 Å². The van der Waals surface area contributed by atoms with Crippen molar-refractivity contribution in [2.75, 3.05) is 13.7 Å². The number of amides is 2. The van der Waals surface area contributed by atoms with Gasteiger partial charge in [-0.3, -0.25) is 4.79 Å². The minimum atomic E-state index is -1.08. The Hall–Kier alpha value is -2.81. The molecule has 2 N–H and O–H groups in total. The van der Waals surface area contributed by atoms with Crippen molar-refractivity contribution in [1.29, 1.82) is 0 Å². The number of ether oxygens (including phenoxy) is 1. The van der Waals surface area contributed by atoms with Crippen LogP contribution in [0, 0.1) is 0 Å². The number of benzene rings is 2. The van der Waals surface area contributed by atoms with Crippen molar-refractivity contribution in [2.45, 2.75) is 25.4 Å². The molecule has 2 aromatic carbocycles. The molecule has 1 aliphatic rings. The van der Waals surface area contributed by atoms with E-state index >= 15 is 0 Å². The summed E-state index contributed by atoms with van der Waals surface area (Å²) in [4.78, 5) is 29.2. The summed E-state index contributed by atoms with van der Waals surface area (Å²) >= 11 is 16.7. The van der Waals surface area contributed by atoms with E-state index in [-0.39, 0.29) is 25.0 Å². The summed E-state index contributed by atoms with van der Waals surface area (Å²) in [5.74, 6) is 0.235. The Morgan fingerprint density at radius 2 is 1.83 bits per heavy atom. The molecule has 7 nitrogen and oxygen atoms in total. The highest BCUT2D eigenvalue weighted by Gasteiger charge is 2.26. The van der Waals surface area contributed by atoms with Crippen LogP contribution in [0.3, 0.4) is 0 Å². The van der Waals surface area contributed by atoms with Gasteiger partial charge in [0.05, 0.1) is 29.4 Å². The molecule has 182 valence electrons. The lowest BCUT2D eigenvalue weighted by Gasteiger charge is -2.23. The third-order valence-electron chi connectivity index (χ3n) is 5.81. The van der Waals surface area contributed by atoms with E-state index in [1.165, 1.54) is 12.0 Å². The molecule has 2 heterocycles. The minimum Gasteiger partial charge on any atom is -0.481 e. The smallest absolute Gasteiger partial charge is 0.407 e. The standard InChI is InChI=1S/C25H22BrCl2N3O4/c1-35-24-14(12-31(25(33)34)13-15-9-11-21(32)29-15)8-10-20(30-24)18-6-2-4-16(22(18)27)17-5-3-7-19(26)23(17)28/h2-8,10,15H,9,11-13H2,1H3,(H,29,32)(H,33,34)/t15-/m0/s1. The van der Waals surface area contributed by atoms with E-state index in [2.05, 4.69) is 26.2 Å². The number of aromatic nitrogens is 1. The van der Waals surface area contributed by atoms with Gasteiger partial charge >= 0.3 is 6.09 Å². The number of halogens is 3. The maximum atomic E-state index is 11.8. The van der Waals surface area contributed by atoms with Crippen molar-refractivity contribution >= 4 is 51.1 Å². The fourth-order valence-corrected chi connectivity index (χ4v) is 4.98. The van der Waals surface area contributed by atoms with Gasteiger partial charge in [-0.1, -0.05) is 53.5 Å². The number of nitrogens with one attached hydrogen (secondary N) is 1. The van der Waals surface area contributed by atoms with Crippen molar-refractivity contribution in [3.63, 3.8) is 0 Å². The lowest BCUT2D eigenvalue weighted by molar-refractivity contribution is -0.119. The van der Waals surface area contributed by atoms with Crippen LogP contribution in [0.1, 0.15) is 18.4 Å². The van der Waals surface area contributed by atoms with E-state index in [9.17, 15) is 14.7 Å². The molecule has 0 unspecified atom stereocenters. The van der Waals surface area contributed by atoms with Gasteiger partial charge < -0.3 is 20.1 Å². The summed E-state index contributed by atoms with van der Waals surface area (Å²) in [5, 5.41) is 13.5. The Kier molecular flexibility index (Phi) is 7.84. The fraction of sp³-hybridized carbons (Fsp3) is 0.240. The normalized spacial score (nSPS) is 15.1. The number of carboxylic acid groups (broad SMARTS) is 1. The zero-order valence-corrected chi connectivity index (χ0v) is 21.8. The number of nitrogens with zero attached hydrogens (tertiary/aromatic N) is 2. The van der Waals surface area contributed by atoms with Crippen molar-refractivity contribution < 1.29 is 19.4 Å². The second-order valence-corrected chi connectivity index (χ2v) is 9.71. The number of rotatable bonds is 7. The molecule has 1 aliphatic heterocycles. The van der Waals surface area contributed by atoms with Crippen molar-refractivity contribution in [2.24, 2.45) is 0 Å². The molecule has 0 saturated carbocycles. The molecule has 1 fully saturated rings. The minimum absolute atomic E-state index is 0.0628. The number of methoxy groups -OCH3 is 1. The largest absolute Gasteiger partial charge is 0.481 e. The molecular formula is C25H22BrCl2N3O4. The zero-order chi connectivity index (χ0) is 25.1. The molecule has 1 atom stereocenters. The van der Waals surface area contributed by atoms with Gasteiger partial charge in [-0.15, -0.1) is 0 Å². The Balaban J connectivity index is 1.64. The van der Waals surface area contributed by atoms with Crippen LogP contribution in [0.5, 0.6) is 5.88 Å². The highest BCUT2D eigenvalue weighted by Crippen LogP contribution is 2.41. The van der Waals surface area contributed by atoms with Crippen LogP contribution in [-0.2, 0) is 11.3 Å². The third kappa shape index (κ3) is 5.55. The molecule has 2 amide bonds. The van der Waals surface area contributed by atoms with Crippen LogP contribution in [0.25, 0.3) is 22.4 Å². The quantitative estimate of drug-likeness (QED) is 0.345.